The van der Waals surface area contributed by atoms with E-state index in [0.29, 0.717) is 6.04 Å². The van der Waals surface area contributed by atoms with Crippen LogP contribution in [0.4, 0.5) is 5.69 Å². The van der Waals surface area contributed by atoms with E-state index >= 15 is 0 Å². The molecule has 3 nitrogen and oxygen atoms in total. The Labute approximate surface area is 96.2 Å². The Kier molecular flexibility index (Phi) is 3.31. The van der Waals surface area contributed by atoms with Crippen molar-refractivity contribution in [2.24, 2.45) is 0 Å². The normalized spacial score (nSPS) is 19.5. The Morgan fingerprint density at radius 1 is 1.44 bits per heavy atom. The summed E-state index contributed by atoms with van der Waals surface area (Å²) in [5.41, 5.74) is 1.24. The van der Waals surface area contributed by atoms with E-state index in [1.165, 1.54) is 18.5 Å². The third-order valence-electron chi connectivity index (χ3n) is 3.02. The highest BCUT2D eigenvalue weighted by Crippen LogP contribution is 2.26. The Balaban J connectivity index is 2.04. The van der Waals surface area contributed by atoms with Gasteiger partial charge in [0.25, 0.3) is 0 Å². The zero-order valence-corrected chi connectivity index (χ0v) is 9.52. The first-order valence-electron chi connectivity index (χ1n) is 5.67. The Morgan fingerprint density at radius 2 is 2.19 bits per heavy atom. The molecule has 0 aromatic heterocycles. The average Bonchev–Trinajstić information content (AvgIpc) is 2.74. The van der Waals surface area contributed by atoms with Crippen LogP contribution in [0.1, 0.15) is 19.8 Å². The number of ether oxygens (including phenoxy) is 1. The van der Waals surface area contributed by atoms with Crippen LogP contribution in [-0.2, 0) is 0 Å². The molecule has 1 aliphatic heterocycles. The van der Waals surface area contributed by atoms with Crippen LogP contribution >= 0.6 is 0 Å². The van der Waals surface area contributed by atoms with Crippen LogP contribution in [0, 0.1) is 11.3 Å². The van der Waals surface area contributed by atoms with Crippen molar-refractivity contribution < 1.29 is 4.74 Å². The Morgan fingerprint density at radius 3 is 2.75 bits per heavy atom. The first kappa shape index (κ1) is 10.8. The van der Waals surface area contributed by atoms with Gasteiger partial charge in [-0.05, 0) is 44.0 Å². The van der Waals surface area contributed by atoms with Crippen molar-refractivity contribution in [3.05, 3.63) is 24.3 Å². The highest BCUT2D eigenvalue weighted by atomic mass is 16.5. The zero-order chi connectivity index (χ0) is 11.4. The molecule has 0 spiro atoms. The van der Waals surface area contributed by atoms with E-state index in [-0.39, 0.29) is 6.61 Å². The predicted octanol–water partition coefficient (Wildman–Crippen LogP) is 2.58. The third-order valence-corrected chi connectivity index (χ3v) is 3.02. The van der Waals surface area contributed by atoms with Crippen LogP contribution in [0.5, 0.6) is 5.75 Å². The van der Waals surface area contributed by atoms with Gasteiger partial charge >= 0.3 is 0 Å². The fraction of sp³-hybridized carbons (Fsp3) is 0.462. The van der Waals surface area contributed by atoms with E-state index in [1.54, 1.807) is 0 Å². The highest BCUT2D eigenvalue weighted by Gasteiger charge is 2.20. The number of nitrogens with zero attached hydrogens (tertiary/aromatic N) is 2. The number of anilines is 1. The molecule has 1 aromatic rings. The maximum Gasteiger partial charge on any atom is 0.174 e. The van der Waals surface area contributed by atoms with Crippen molar-refractivity contribution in [2.75, 3.05) is 18.1 Å². The van der Waals surface area contributed by atoms with E-state index in [1.807, 2.05) is 18.2 Å². The predicted molar refractivity (Wildman–Crippen MR) is 63.6 cm³/mol. The van der Waals surface area contributed by atoms with Crippen LogP contribution in [-0.4, -0.2) is 19.2 Å². The molecular formula is C13H16N2O. The molecule has 1 unspecified atom stereocenters. The zero-order valence-electron chi connectivity index (χ0n) is 9.52. The molecule has 0 saturated carbocycles. The fourth-order valence-electron chi connectivity index (χ4n) is 2.17. The lowest BCUT2D eigenvalue weighted by Crippen LogP contribution is -2.25. The smallest absolute Gasteiger partial charge is 0.174 e. The molecule has 0 aliphatic carbocycles. The van der Waals surface area contributed by atoms with Gasteiger partial charge in [-0.25, -0.2) is 0 Å². The maximum absolute atomic E-state index is 8.41. The summed E-state index contributed by atoms with van der Waals surface area (Å²) in [7, 11) is 0. The van der Waals surface area contributed by atoms with Gasteiger partial charge in [-0.3, -0.25) is 0 Å². The number of benzene rings is 1. The maximum atomic E-state index is 8.41. The standard InChI is InChI=1S/C13H16N2O/c1-11-3-2-9-15(11)12-4-6-13(7-5-12)16-10-8-14/h4-7,11H,2-3,9-10H2,1H3. The monoisotopic (exact) mass is 216 g/mol. The number of rotatable bonds is 3. The van der Waals surface area contributed by atoms with E-state index in [0.717, 1.165) is 12.3 Å². The molecule has 1 heterocycles. The second kappa shape index (κ2) is 4.89. The molecule has 1 aliphatic rings. The van der Waals surface area contributed by atoms with Crippen molar-refractivity contribution in [3.63, 3.8) is 0 Å². The molecule has 1 aromatic carbocycles. The summed E-state index contributed by atoms with van der Waals surface area (Å²) in [6.45, 7) is 3.51. The topological polar surface area (TPSA) is 36.3 Å². The summed E-state index contributed by atoms with van der Waals surface area (Å²) >= 11 is 0. The summed E-state index contributed by atoms with van der Waals surface area (Å²) in [4.78, 5) is 2.41. The van der Waals surface area contributed by atoms with Crippen LogP contribution < -0.4 is 9.64 Å². The molecule has 1 fully saturated rings. The number of hydrogen-bond acceptors (Lipinski definition) is 3. The second-order valence-corrected chi connectivity index (χ2v) is 4.13. The molecule has 16 heavy (non-hydrogen) atoms. The molecule has 0 N–H and O–H groups in total. The largest absolute Gasteiger partial charge is 0.479 e. The summed E-state index contributed by atoms with van der Waals surface area (Å²) in [6.07, 6.45) is 2.54. The highest BCUT2D eigenvalue weighted by molar-refractivity contribution is 5.50. The fourth-order valence-corrected chi connectivity index (χ4v) is 2.17. The molecule has 84 valence electrons. The first-order chi connectivity index (χ1) is 7.81. The third kappa shape index (κ3) is 2.27. The van der Waals surface area contributed by atoms with Crippen LogP contribution in [0.3, 0.4) is 0 Å². The molecule has 0 radical (unpaired) electrons. The van der Waals surface area contributed by atoms with Crippen LogP contribution in [0.15, 0.2) is 24.3 Å². The lowest BCUT2D eigenvalue weighted by Gasteiger charge is -2.23. The molecule has 1 saturated heterocycles. The minimum Gasteiger partial charge on any atom is -0.479 e. The van der Waals surface area contributed by atoms with Gasteiger partial charge in [-0.2, -0.15) is 5.26 Å². The SMILES string of the molecule is CC1CCCN1c1ccc(OCC#N)cc1. The number of hydrogen-bond donors (Lipinski definition) is 0. The number of nitriles is 1. The van der Waals surface area contributed by atoms with Gasteiger partial charge in [0.2, 0.25) is 0 Å². The van der Waals surface area contributed by atoms with Gasteiger partial charge in [-0.15, -0.1) is 0 Å². The van der Waals surface area contributed by atoms with E-state index in [2.05, 4.69) is 24.0 Å². The molecule has 2 rings (SSSR count). The Bertz CT molecular complexity index is 380. The molecule has 0 bridgehead atoms. The van der Waals surface area contributed by atoms with Gasteiger partial charge in [-0.1, -0.05) is 0 Å². The van der Waals surface area contributed by atoms with E-state index in [9.17, 15) is 0 Å². The summed E-state index contributed by atoms with van der Waals surface area (Å²) in [5.74, 6) is 0.761. The lowest BCUT2D eigenvalue weighted by atomic mass is 10.2. The molecular weight excluding hydrogens is 200 g/mol. The summed E-state index contributed by atoms with van der Waals surface area (Å²) in [6, 6.07) is 10.6. The molecule has 3 heteroatoms. The Hall–Kier alpha value is -1.69. The van der Waals surface area contributed by atoms with E-state index < -0.39 is 0 Å². The van der Waals surface area contributed by atoms with Crippen LogP contribution in [0.2, 0.25) is 0 Å². The lowest BCUT2D eigenvalue weighted by molar-refractivity contribution is 0.368. The van der Waals surface area contributed by atoms with Crippen LogP contribution in [0.25, 0.3) is 0 Å². The van der Waals surface area contributed by atoms with E-state index in [4.69, 9.17) is 10.00 Å². The van der Waals surface area contributed by atoms with Gasteiger partial charge in [0, 0.05) is 18.3 Å². The van der Waals surface area contributed by atoms with Gasteiger partial charge in [0.1, 0.15) is 11.8 Å². The quantitative estimate of drug-likeness (QED) is 0.779. The molecule has 0 amide bonds. The van der Waals surface area contributed by atoms with Crippen molar-refractivity contribution in [1.82, 2.24) is 0 Å². The van der Waals surface area contributed by atoms with Crippen molar-refractivity contribution in [2.45, 2.75) is 25.8 Å². The van der Waals surface area contributed by atoms with Crippen molar-refractivity contribution in [3.8, 4) is 11.8 Å². The summed E-state index contributed by atoms with van der Waals surface area (Å²) in [5, 5.41) is 8.41. The average molecular weight is 216 g/mol. The molecule has 1 atom stereocenters. The second-order valence-electron chi connectivity index (χ2n) is 4.13. The minimum absolute atomic E-state index is 0.111. The minimum atomic E-state index is 0.111. The van der Waals surface area contributed by atoms with Crippen molar-refractivity contribution in [1.29, 1.82) is 5.26 Å². The first-order valence-corrected chi connectivity index (χ1v) is 5.67. The van der Waals surface area contributed by atoms with Gasteiger partial charge in [0.15, 0.2) is 6.61 Å². The van der Waals surface area contributed by atoms with Gasteiger partial charge in [0.05, 0.1) is 0 Å². The summed E-state index contributed by atoms with van der Waals surface area (Å²) < 4.78 is 5.22. The van der Waals surface area contributed by atoms with Crippen molar-refractivity contribution >= 4 is 5.69 Å². The van der Waals surface area contributed by atoms with Gasteiger partial charge < -0.3 is 9.64 Å².